The van der Waals surface area contributed by atoms with Crippen LogP contribution < -0.4 is 5.32 Å². The number of hydrogen-bond acceptors (Lipinski definition) is 8. The third kappa shape index (κ3) is 5.28. The minimum Gasteiger partial charge on any atom is -0.463 e. The van der Waals surface area contributed by atoms with Gasteiger partial charge in [-0.15, -0.1) is 24.2 Å². The molecule has 3 saturated heterocycles. The van der Waals surface area contributed by atoms with Crippen molar-refractivity contribution in [3.8, 4) is 11.3 Å². The van der Waals surface area contributed by atoms with Gasteiger partial charge >= 0.3 is 5.97 Å². The second kappa shape index (κ2) is 11.5. The number of thioether (sulfide) groups is 1. The number of ether oxygens (including phenoxy) is 1. The maximum absolute atomic E-state index is 13.3. The summed E-state index contributed by atoms with van der Waals surface area (Å²) in [7, 11) is 0. The predicted molar refractivity (Wildman–Crippen MR) is 148 cm³/mol. The molecular formula is C26H32Cl2N4O5S. The normalized spacial score (nSPS) is 24.3. The molecule has 3 fully saturated rings. The lowest BCUT2D eigenvalue weighted by Crippen LogP contribution is -2.70. The molecule has 5 rings (SSSR count). The molecule has 38 heavy (non-hydrogen) atoms. The number of amides is 2. The van der Waals surface area contributed by atoms with E-state index in [9.17, 15) is 14.4 Å². The fourth-order valence-electron chi connectivity index (χ4n) is 5.35. The zero-order chi connectivity index (χ0) is 26.3. The van der Waals surface area contributed by atoms with E-state index in [1.165, 1.54) is 31.0 Å². The van der Waals surface area contributed by atoms with Crippen LogP contribution in [0.1, 0.15) is 49.2 Å². The van der Waals surface area contributed by atoms with Gasteiger partial charge < -0.3 is 19.5 Å². The lowest BCUT2D eigenvalue weighted by Gasteiger charge is -2.44. The summed E-state index contributed by atoms with van der Waals surface area (Å²) in [6.07, 6.45) is 3.59. The van der Waals surface area contributed by atoms with Crippen molar-refractivity contribution in [1.82, 2.24) is 20.3 Å². The lowest BCUT2D eigenvalue weighted by molar-refractivity contribution is -0.163. The van der Waals surface area contributed by atoms with Gasteiger partial charge in [-0.2, -0.15) is 0 Å². The average Bonchev–Trinajstić information content (AvgIpc) is 3.38. The van der Waals surface area contributed by atoms with Crippen LogP contribution in [-0.4, -0.2) is 81.2 Å². The summed E-state index contributed by atoms with van der Waals surface area (Å²) >= 11 is 7.81. The standard InChI is InChI=1S/C26H31ClN4O5S.ClH/c1-15-18(19(29-36-15)16-9-5-6-10-17(16)27)22(32)28-20-23(33)31-21(26(2,3)37-24(20)31)25(34)35-14-13-30-11-7-4-8-12-30;/h5-6,9-10,20-21,24H,4,7-8,11-14H2,1-3H3,(H,28,32);1H/t20-,21+,24-;/m1./s1. The highest BCUT2D eigenvalue weighted by atomic mass is 35.5. The summed E-state index contributed by atoms with van der Waals surface area (Å²) in [5.41, 5.74) is 1.12. The van der Waals surface area contributed by atoms with Crippen molar-refractivity contribution in [2.75, 3.05) is 26.2 Å². The van der Waals surface area contributed by atoms with Crippen LogP contribution in [-0.2, 0) is 14.3 Å². The second-order valence-corrected chi connectivity index (χ2v) is 12.4. The molecule has 4 heterocycles. The number of benzene rings is 1. The van der Waals surface area contributed by atoms with Gasteiger partial charge in [0.15, 0.2) is 0 Å². The Hall–Kier alpha value is -2.27. The van der Waals surface area contributed by atoms with Gasteiger partial charge in [-0.05, 0) is 52.8 Å². The maximum atomic E-state index is 13.3. The number of likely N-dealkylation sites (tertiary alicyclic amines) is 1. The van der Waals surface area contributed by atoms with Crippen LogP contribution in [0, 0.1) is 6.92 Å². The number of aromatic nitrogens is 1. The monoisotopic (exact) mass is 582 g/mol. The Bertz CT molecular complexity index is 1220. The van der Waals surface area contributed by atoms with E-state index in [0.29, 0.717) is 35.2 Å². The van der Waals surface area contributed by atoms with Crippen molar-refractivity contribution in [1.29, 1.82) is 0 Å². The number of nitrogens with zero attached hydrogens (tertiary/aromatic N) is 3. The molecule has 1 aromatic carbocycles. The van der Waals surface area contributed by atoms with Crippen LogP contribution >= 0.6 is 35.8 Å². The summed E-state index contributed by atoms with van der Waals surface area (Å²) in [5, 5.41) is 6.95. The van der Waals surface area contributed by atoms with E-state index in [2.05, 4.69) is 15.4 Å². The molecule has 9 nitrogen and oxygen atoms in total. The number of rotatable bonds is 7. The number of carbonyl (C=O) groups is 3. The highest BCUT2D eigenvalue weighted by molar-refractivity contribution is 8.01. The van der Waals surface area contributed by atoms with Gasteiger partial charge in [0.2, 0.25) is 5.91 Å². The number of nitrogens with one attached hydrogen (secondary N) is 1. The lowest BCUT2D eigenvalue weighted by atomic mass is 9.95. The molecule has 3 aliphatic rings. The molecule has 2 aromatic rings. The van der Waals surface area contributed by atoms with E-state index in [4.69, 9.17) is 20.9 Å². The Morgan fingerprint density at radius 3 is 2.66 bits per heavy atom. The number of fused-ring (bicyclic) bond motifs is 1. The molecule has 0 radical (unpaired) electrons. The van der Waals surface area contributed by atoms with Crippen molar-refractivity contribution in [3.05, 3.63) is 40.6 Å². The zero-order valence-electron chi connectivity index (χ0n) is 21.6. The van der Waals surface area contributed by atoms with Crippen molar-refractivity contribution >= 4 is 53.6 Å². The summed E-state index contributed by atoms with van der Waals surface area (Å²) < 4.78 is 10.4. The van der Waals surface area contributed by atoms with Gasteiger partial charge in [-0.1, -0.05) is 41.4 Å². The van der Waals surface area contributed by atoms with E-state index in [1.807, 2.05) is 13.8 Å². The molecular weight excluding hydrogens is 551 g/mol. The maximum Gasteiger partial charge on any atom is 0.330 e. The average molecular weight is 584 g/mol. The van der Waals surface area contributed by atoms with E-state index in [0.717, 1.165) is 13.1 Å². The van der Waals surface area contributed by atoms with E-state index in [-0.39, 0.29) is 29.3 Å². The van der Waals surface area contributed by atoms with Gasteiger partial charge in [-0.25, -0.2) is 4.79 Å². The quantitative estimate of drug-likeness (QED) is 0.387. The first-order valence-corrected chi connectivity index (χ1v) is 13.9. The molecule has 206 valence electrons. The van der Waals surface area contributed by atoms with E-state index in [1.54, 1.807) is 36.1 Å². The first kappa shape index (κ1) is 28.7. The van der Waals surface area contributed by atoms with E-state index >= 15 is 0 Å². The Morgan fingerprint density at radius 1 is 1.24 bits per heavy atom. The van der Waals surface area contributed by atoms with Gasteiger partial charge in [-0.3, -0.25) is 14.5 Å². The number of halogens is 2. The minimum absolute atomic E-state index is 0. The first-order valence-electron chi connectivity index (χ1n) is 12.6. The highest BCUT2D eigenvalue weighted by Crippen LogP contribution is 2.51. The Labute approximate surface area is 237 Å². The number of β-lactam (4-membered cyclic amide) rings is 1. The van der Waals surface area contributed by atoms with Crippen LogP contribution in [0.5, 0.6) is 0 Å². The van der Waals surface area contributed by atoms with Crippen molar-refractivity contribution in [3.63, 3.8) is 0 Å². The van der Waals surface area contributed by atoms with Gasteiger partial charge in [0, 0.05) is 16.9 Å². The third-order valence-electron chi connectivity index (χ3n) is 7.27. The number of piperidine rings is 1. The van der Waals surface area contributed by atoms with Gasteiger partial charge in [0.1, 0.15) is 41.1 Å². The Morgan fingerprint density at radius 2 is 1.95 bits per heavy atom. The largest absolute Gasteiger partial charge is 0.463 e. The molecule has 3 aliphatic heterocycles. The molecule has 1 aromatic heterocycles. The molecule has 3 atom stereocenters. The molecule has 0 spiro atoms. The fraction of sp³-hybridized carbons (Fsp3) is 0.538. The highest BCUT2D eigenvalue weighted by Gasteiger charge is 2.64. The molecule has 0 saturated carbocycles. The molecule has 0 bridgehead atoms. The number of carbonyl (C=O) groups excluding carboxylic acids is 3. The molecule has 0 unspecified atom stereocenters. The summed E-state index contributed by atoms with van der Waals surface area (Å²) in [4.78, 5) is 43.4. The fourth-order valence-corrected chi connectivity index (χ4v) is 7.20. The van der Waals surface area contributed by atoms with E-state index < -0.39 is 28.7 Å². The summed E-state index contributed by atoms with van der Waals surface area (Å²) in [5.74, 6) is -0.850. The summed E-state index contributed by atoms with van der Waals surface area (Å²) in [6, 6.07) is 5.57. The molecule has 2 amide bonds. The Balaban J connectivity index is 0.00000336. The SMILES string of the molecule is Cc1onc(-c2ccccc2Cl)c1C(=O)N[C@@H]1C(=O)N2[C@@H]1SC(C)(C)[C@@H]2C(=O)OCCN1CCCCC1.Cl. The Kier molecular flexibility index (Phi) is 8.66. The number of aryl methyl sites for hydroxylation is 1. The van der Waals surface area contributed by atoms with Crippen LogP contribution in [0.3, 0.4) is 0 Å². The smallest absolute Gasteiger partial charge is 0.330 e. The topological polar surface area (TPSA) is 105 Å². The number of hydrogen-bond donors (Lipinski definition) is 1. The van der Waals surface area contributed by atoms with Crippen molar-refractivity contribution in [2.24, 2.45) is 0 Å². The first-order chi connectivity index (χ1) is 17.7. The van der Waals surface area contributed by atoms with Crippen LogP contribution in [0.4, 0.5) is 0 Å². The van der Waals surface area contributed by atoms with Gasteiger partial charge in [0.25, 0.3) is 5.91 Å². The second-order valence-electron chi connectivity index (χ2n) is 10.2. The molecule has 12 heteroatoms. The number of esters is 1. The van der Waals surface area contributed by atoms with Gasteiger partial charge in [0.05, 0.1) is 5.02 Å². The van der Waals surface area contributed by atoms with Crippen molar-refractivity contribution in [2.45, 2.75) is 62.2 Å². The van der Waals surface area contributed by atoms with Crippen LogP contribution in [0.2, 0.25) is 5.02 Å². The molecule has 1 N–H and O–H groups in total. The molecule has 0 aliphatic carbocycles. The predicted octanol–water partition coefficient (Wildman–Crippen LogP) is 3.92. The zero-order valence-corrected chi connectivity index (χ0v) is 24.0. The summed E-state index contributed by atoms with van der Waals surface area (Å²) in [6.45, 7) is 8.56. The third-order valence-corrected chi connectivity index (χ3v) is 9.17. The minimum atomic E-state index is -0.767. The van der Waals surface area contributed by atoms with Crippen molar-refractivity contribution < 1.29 is 23.6 Å². The van der Waals surface area contributed by atoms with Crippen LogP contribution in [0.25, 0.3) is 11.3 Å². The van der Waals surface area contributed by atoms with Crippen LogP contribution in [0.15, 0.2) is 28.8 Å².